The molecule has 109 heavy (non-hydrogen) atoms. The average molecular weight is 1390 g/mol. The Morgan fingerprint density at radius 1 is 0.211 bits per heavy atom. The topological polar surface area (TPSA) is 58.4 Å². The Morgan fingerprint density at radius 2 is 0.560 bits per heavy atom. The number of hydrogen-bond donors (Lipinski definition) is 0. The zero-order valence-corrected chi connectivity index (χ0v) is 59.8. The number of rotatable bonds is 11. The summed E-state index contributed by atoms with van der Waals surface area (Å²) in [6, 6.07) is 136. The molecule has 510 valence electrons. The fraction of sp³-hybridized carbons (Fsp3) is 0.0294. The molecule has 7 heteroatoms. The summed E-state index contributed by atoms with van der Waals surface area (Å²) in [5, 5.41) is 9.54. The first-order chi connectivity index (χ1) is 53.8. The summed E-state index contributed by atoms with van der Waals surface area (Å²) in [4.78, 5) is 16.6. The monoisotopic (exact) mass is 1390 g/mol. The van der Waals surface area contributed by atoms with Gasteiger partial charge in [0.05, 0.1) is 49.5 Å². The molecule has 1 aliphatic carbocycles. The summed E-state index contributed by atoms with van der Waals surface area (Å²) in [5.74, 6) is 1.68. The Labute approximate surface area is 629 Å². The summed E-state index contributed by atoms with van der Waals surface area (Å²) < 4.78 is 9.52. The number of para-hydroxylation sites is 6. The molecule has 0 saturated heterocycles. The van der Waals surface area contributed by atoms with E-state index < -0.39 is 5.41 Å². The standard InChI is InChI=1S/C102H67N7/c1-64-46-52-89-83(54-64)84-55-65(2)47-53-90(84)102(89,75-32-22-28-71(58-75)72-29-23-37-78(59-72)108-93-44-18-14-40-81(93)87-60-85-79-38-12-16-42-91(79)106(95(85)62-97(87)108)76-33-8-4-9-34-76)74-31-21-27-70(57-74)69-26-20-30-73(56-69)100-103-99(68-50-48-67(49-51-68)66-24-6-3-7-25-66)104-101(105-100)109-94-45-19-15-41-82(94)88-61-86-80-39-13-17-43-92(80)107(96(86)63-98(88)109)77-35-10-5-11-36-77/h3-63H,1-2H3. The van der Waals surface area contributed by atoms with Gasteiger partial charge in [-0.1, -0.05) is 278 Å². The van der Waals surface area contributed by atoms with E-state index in [2.05, 4.69) is 402 Å². The van der Waals surface area contributed by atoms with Crippen LogP contribution in [0, 0.1) is 13.8 Å². The molecule has 0 spiro atoms. The first-order valence-electron chi connectivity index (χ1n) is 37.5. The quantitative estimate of drug-likeness (QED) is 0.130. The van der Waals surface area contributed by atoms with Crippen LogP contribution in [0.2, 0.25) is 0 Å². The van der Waals surface area contributed by atoms with Crippen molar-refractivity contribution in [2.24, 2.45) is 0 Å². The van der Waals surface area contributed by atoms with Gasteiger partial charge in [-0.2, -0.15) is 9.97 Å². The van der Waals surface area contributed by atoms with Crippen LogP contribution in [0.1, 0.15) is 33.4 Å². The van der Waals surface area contributed by atoms with Gasteiger partial charge in [0.15, 0.2) is 11.6 Å². The van der Waals surface area contributed by atoms with Crippen molar-refractivity contribution in [1.82, 2.24) is 33.2 Å². The predicted molar refractivity (Wildman–Crippen MR) is 451 cm³/mol. The van der Waals surface area contributed by atoms with E-state index >= 15 is 0 Å². The number of nitrogens with zero attached hydrogens (tertiary/aromatic N) is 7. The first-order valence-corrected chi connectivity index (χ1v) is 37.5. The molecule has 1 aliphatic rings. The Kier molecular flexibility index (Phi) is 13.9. The van der Waals surface area contributed by atoms with E-state index in [-0.39, 0.29) is 0 Å². The van der Waals surface area contributed by atoms with Gasteiger partial charge in [0.2, 0.25) is 5.95 Å². The number of fused-ring (bicyclic) bond motifs is 15. The van der Waals surface area contributed by atoms with Gasteiger partial charge in [-0.3, -0.25) is 4.57 Å². The molecular formula is C102H67N7. The Bertz CT molecular complexity index is 7250. The number of hydrogen-bond acceptors (Lipinski definition) is 3. The van der Waals surface area contributed by atoms with Crippen molar-refractivity contribution in [1.29, 1.82) is 0 Å². The van der Waals surface area contributed by atoms with Gasteiger partial charge in [-0.25, -0.2) is 4.98 Å². The summed E-state index contributed by atoms with van der Waals surface area (Å²) in [6.07, 6.45) is 0. The van der Waals surface area contributed by atoms with E-state index in [1.807, 2.05) is 0 Å². The summed E-state index contributed by atoms with van der Waals surface area (Å²) in [7, 11) is 0. The molecular weight excluding hydrogens is 1320 g/mol. The van der Waals surface area contributed by atoms with Crippen molar-refractivity contribution in [3.8, 4) is 90.3 Å². The maximum Gasteiger partial charge on any atom is 0.238 e. The molecule has 5 heterocycles. The summed E-state index contributed by atoms with van der Waals surface area (Å²) in [5.41, 5.74) is 29.8. The van der Waals surface area contributed by atoms with Crippen molar-refractivity contribution < 1.29 is 0 Å². The fourth-order valence-corrected chi connectivity index (χ4v) is 18.1. The second-order valence-electron chi connectivity index (χ2n) is 29.2. The van der Waals surface area contributed by atoms with E-state index in [9.17, 15) is 0 Å². The van der Waals surface area contributed by atoms with Crippen molar-refractivity contribution in [3.05, 3.63) is 403 Å². The van der Waals surface area contributed by atoms with E-state index in [1.165, 1.54) is 93.4 Å². The van der Waals surface area contributed by atoms with Crippen LogP contribution in [0.5, 0.6) is 0 Å². The number of benzene rings is 16. The zero-order valence-electron chi connectivity index (χ0n) is 59.8. The second-order valence-corrected chi connectivity index (χ2v) is 29.2. The SMILES string of the molecule is Cc1ccc2c(c1)-c1cc(C)ccc1C2(c1cccc(-c2cccc(-c3nc(-c4ccc(-c5ccccc5)cc4)nc(-n4c5ccccc5c5cc6c7ccccc7n(-c7ccccc7)c6cc54)n3)c2)c1)c1cccc(-c2cccc(-n3c4ccccc4c4cc5c6ccccc6n(-c6ccccc6)c5cc43)c2)c1. The van der Waals surface area contributed by atoms with Gasteiger partial charge >= 0.3 is 0 Å². The molecule has 0 aliphatic heterocycles. The lowest BCUT2D eigenvalue weighted by molar-refractivity contribution is 0.768. The van der Waals surface area contributed by atoms with Crippen LogP contribution in [-0.2, 0) is 5.41 Å². The third kappa shape index (κ3) is 9.66. The molecule has 0 N–H and O–H groups in total. The first kappa shape index (κ1) is 62.1. The Hall–Kier alpha value is -14.3. The fourth-order valence-electron chi connectivity index (χ4n) is 18.1. The molecule has 0 unspecified atom stereocenters. The number of aromatic nitrogens is 7. The van der Waals surface area contributed by atoms with Crippen molar-refractivity contribution in [2.45, 2.75) is 19.3 Å². The van der Waals surface area contributed by atoms with Crippen LogP contribution in [0.15, 0.2) is 370 Å². The molecule has 16 aromatic carbocycles. The summed E-state index contributed by atoms with van der Waals surface area (Å²) in [6.45, 7) is 4.43. The molecule has 5 aromatic heterocycles. The molecule has 0 amide bonds. The molecule has 22 rings (SSSR count). The molecule has 7 nitrogen and oxygen atoms in total. The maximum absolute atomic E-state index is 5.61. The van der Waals surface area contributed by atoms with Crippen LogP contribution in [-0.4, -0.2) is 33.2 Å². The molecule has 0 bridgehead atoms. The minimum atomic E-state index is -0.722. The molecule has 0 radical (unpaired) electrons. The van der Waals surface area contributed by atoms with E-state index in [0.29, 0.717) is 17.6 Å². The van der Waals surface area contributed by atoms with Crippen LogP contribution in [0.25, 0.3) is 178 Å². The van der Waals surface area contributed by atoms with E-state index in [0.717, 1.165) is 99.9 Å². The predicted octanol–water partition coefficient (Wildman–Crippen LogP) is 25.6. The highest BCUT2D eigenvalue weighted by molar-refractivity contribution is 6.21. The second kappa shape index (κ2) is 24.4. The van der Waals surface area contributed by atoms with Gasteiger partial charge in [0.25, 0.3) is 0 Å². The molecule has 0 fully saturated rings. The van der Waals surface area contributed by atoms with Gasteiger partial charge in [-0.15, -0.1) is 0 Å². The average Bonchev–Trinajstić information content (AvgIpc) is 1.56. The minimum Gasteiger partial charge on any atom is -0.309 e. The summed E-state index contributed by atoms with van der Waals surface area (Å²) >= 11 is 0. The van der Waals surface area contributed by atoms with Crippen molar-refractivity contribution >= 4 is 87.2 Å². The number of aryl methyl sites for hydroxylation is 2. The lowest BCUT2D eigenvalue weighted by Crippen LogP contribution is -2.28. The lowest BCUT2D eigenvalue weighted by Gasteiger charge is -2.34. The molecule has 0 saturated carbocycles. The lowest BCUT2D eigenvalue weighted by atomic mass is 9.67. The highest BCUT2D eigenvalue weighted by Gasteiger charge is 2.46. The third-order valence-corrected chi connectivity index (χ3v) is 23.0. The highest BCUT2D eigenvalue weighted by Crippen LogP contribution is 2.58. The van der Waals surface area contributed by atoms with Gasteiger partial charge in [0, 0.05) is 71.3 Å². The van der Waals surface area contributed by atoms with Gasteiger partial charge in [0.1, 0.15) is 0 Å². The zero-order chi connectivity index (χ0) is 72.0. The van der Waals surface area contributed by atoms with Crippen molar-refractivity contribution in [2.75, 3.05) is 0 Å². The smallest absolute Gasteiger partial charge is 0.238 e. The van der Waals surface area contributed by atoms with Crippen LogP contribution in [0.4, 0.5) is 0 Å². The van der Waals surface area contributed by atoms with Gasteiger partial charge in [-0.05, 0) is 184 Å². The highest BCUT2D eigenvalue weighted by atomic mass is 15.2. The Balaban J connectivity index is 0.701. The van der Waals surface area contributed by atoms with Gasteiger partial charge < -0.3 is 13.7 Å². The normalized spacial score (nSPS) is 12.6. The third-order valence-electron chi connectivity index (χ3n) is 23.0. The minimum absolute atomic E-state index is 0.532. The van der Waals surface area contributed by atoms with E-state index in [1.54, 1.807) is 0 Å². The Morgan fingerprint density at radius 3 is 1.06 bits per heavy atom. The van der Waals surface area contributed by atoms with Crippen LogP contribution >= 0.6 is 0 Å². The largest absolute Gasteiger partial charge is 0.309 e. The van der Waals surface area contributed by atoms with Crippen LogP contribution in [0.3, 0.4) is 0 Å². The molecule has 0 atom stereocenters. The molecule has 21 aromatic rings. The van der Waals surface area contributed by atoms with E-state index in [4.69, 9.17) is 15.0 Å². The van der Waals surface area contributed by atoms with Crippen LogP contribution < -0.4 is 0 Å². The van der Waals surface area contributed by atoms with Crippen molar-refractivity contribution in [3.63, 3.8) is 0 Å². The maximum atomic E-state index is 5.61.